The van der Waals surface area contributed by atoms with Crippen LogP contribution in [0.15, 0.2) is 82.6 Å². The lowest BCUT2D eigenvalue weighted by Gasteiger charge is -2.18. The fraction of sp³-hybridized carbons (Fsp3) is 0.0455. The summed E-state index contributed by atoms with van der Waals surface area (Å²) in [7, 11) is 0. The Morgan fingerprint density at radius 2 is 1.81 bits per heavy atom. The number of halogens is 1. The van der Waals surface area contributed by atoms with Crippen LogP contribution in [0.25, 0.3) is 6.08 Å². The summed E-state index contributed by atoms with van der Waals surface area (Å²) >= 11 is 7.38. The number of anilines is 1. The van der Waals surface area contributed by atoms with Gasteiger partial charge in [-0.1, -0.05) is 59.8 Å². The van der Waals surface area contributed by atoms with Gasteiger partial charge >= 0.3 is 0 Å². The number of nitrogens with one attached hydrogen (secondary N) is 1. The number of para-hydroxylation sites is 1. The zero-order valence-electron chi connectivity index (χ0n) is 14.3. The molecule has 0 saturated carbocycles. The summed E-state index contributed by atoms with van der Waals surface area (Å²) in [4.78, 5) is 14.0. The van der Waals surface area contributed by atoms with Gasteiger partial charge in [0.1, 0.15) is 12.4 Å². The third-order valence-electron chi connectivity index (χ3n) is 4.05. The summed E-state index contributed by atoms with van der Waals surface area (Å²) < 4.78 is 5.87. The molecule has 0 aromatic heterocycles. The molecule has 27 heavy (non-hydrogen) atoms. The molecule has 1 amide bonds. The third kappa shape index (κ3) is 4.35. The quantitative estimate of drug-likeness (QED) is 0.552. The highest BCUT2D eigenvalue weighted by Gasteiger charge is 2.20. The number of rotatable bonds is 4. The van der Waals surface area contributed by atoms with E-state index in [2.05, 4.69) is 5.32 Å². The summed E-state index contributed by atoms with van der Waals surface area (Å²) in [6.45, 7) is 0.458. The van der Waals surface area contributed by atoms with E-state index in [0.717, 1.165) is 27.5 Å². The first kappa shape index (κ1) is 17.7. The summed E-state index contributed by atoms with van der Waals surface area (Å²) in [6.07, 6.45) is 1.88. The SMILES string of the molecule is O=C1Nc2ccccc2S/C1=C\c1cccc(OCc2ccc(Cl)cc2)c1. The smallest absolute Gasteiger partial charge is 0.262 e. The van der Waals surface area contributed by atoms with E-state index in [0.29, 0.717) is 16.5 Å². The summed E-state index contributed by atoms with van der Waals surface area (Å²) in [5.41, 5.74) is 2.81. The minimum atomic E-state index is -0.0915. The highest BCUT2D eigenvalue weighted by Crippen LogP contribution is 2.38. The van der Waals surface area contributed by atoms with Gasteiger partial charge in [-0.05, 0) is 53.6 Å². The molecule has 1 aliphatic rings. The van der Waals surface area contributed by atoms with E-state index >= 15 is 0 Å². The molecule has 3 aromatic rings. The van der Waals surface area contributed by atoms with Gasteiger partial charge in [0, 0.05) is 9.92 Å². The largest absolute Gasteiger partial charge is 0.489 e. The van der Waals surface area contributed by atoms with Crippen LogP contribution < -0.4 is 10.1 Å². The van der Waals surface area contributed by atoms with E-state index < -0.39 is 0 Å². The van der Waals surface area contributed by atoms with Gasteiger partial charge in [-0.25, -0.2) is 0 Å². The first-order valence-electron chi connectivity index (χ1n) is 8.45. The van der Waals surface area contributed by atoms with Gasteiger partial charge < -0.3 is 10.1 Å². The molecule has 5 heteroatoms. The number of benzene rings is 3. The topological polar surface area (TPSA) is 38.3 Å². The van der Waals surface area contributed by atoms with Gasteiger partial charge in [0.2, 0.25) is 0 Å². The molecule has 0 aliphatic carbocycles. The molecule has 3 aromatic carbocycles. The van der Waals surface area contributed by atoms with Crippen LogP contribution >= 0.6 is 23.4 Å². The number of fused-ring (bicyclic) bond motifs is 1. The molecule has 0 bridgehead atoms. The van der Waals surface area contributed by atoms with E-state index in [4.69, 9.17) is 16.3 Å². The Balaban J connectivity index is 1.50. The van der Waals surface area contributed by atoms with E-state index in [9.17, 15) is 4.79 Å². The van der Waals surface area contributed by atoms with Crippen molar-refractivity contribution in [2.24, 2.45) is 0 Å². The minimum Gasteiger partial charge on any atom is -0.489 e. The number of carbonyl (C=O) groups excluding carboxylic acids is 1. The molecule has 0 atom stereocenters. The van der Waals surface area contributed by atoms with Crippen LogP contribution in [0, 0.1) is 0 Å². The molecular formula is C22H16ClNO2S. The van der Waals surface area contributed by atoms with E-state index in [1.807, 2.05) is 78.9 Å². The molecule has 1 aliphatic heterocycles. The third-order valence-corrected chi connectivity index (χ3v) is 5.40. The van der Waals surface area contributed by atoms with Crippen LogP contribution in [0.2, 0.25) is 5.02 Å². The van der Waals surface area contributed by atoms with Crippen molar-refractivity contribution in [2.45, 2.75) is 11.5 Å². The molecule has 1 N–H and O–H groups in total. The van der Waals surface area contributed by atoms with Crippen LogP contribution in [0.1, 0.15) is 11.1 Å². The van der Waals surface area contributed by atoms with Crippen molar-refractivity contribution in [1.29, 1.82) is 0 Å². The zero-order valence-corrected chi connectivity index (χ0v) is 15.9. The van der Waals surface area contributed by atoms with Crippen LogP contribution in [0.4, 0.5) is 5.69 Å². The number of hydrogen-bond donors (Lipinski definition) is 1. The number of hydrogen-bond acceptors (Lipinski definition) is 3. The van der Waals surface area contributed by atoms with Gasteiger partial charge in [-0.15, -0.1) is 0 Å². The van der Waals surface area contributed by atoms with Gasteiger partial charge in [0.25, 0.3) is 5.91 Å². The lowest BCUT2D eigenvalue weighted by atomic mass is 10.2. The van der Waals surface area contributed by atoms with Crippen molar-refractivity contribution in [2.75, 3.05) is 5.32 Å². The predicted octanol–water partition coefficient (Wildman–Crippen LogP) is 6.00. The highest BCUT2D eigenvalue weighted by atomic mass is 35.5. The molecule has 0 radical (unpaired) electrons. The van der Waals surface area contributed by atoms with Crippen molar-refractivity contribution in [1.82, 2.24) is 0 Å². The van der Waals surface area contributed by atoms with Crippen molar-refractivity contribution >= 4 is 41.0 Å². The molecule has 3 nitrogen and oxygen atoms in total. The summed E-state index contributed by atoms with van der Waals surface area (Å²) in [5, 5.41) is 3.63. The van der Waals surface area contributed by atoms with Crippen LogP contribution in [-0.4, -0.2) is 5.91 Å². The molecular weight excluding hydrogens is 378 g/mol. The maximum absolute atomic E-state index is 12.3. The monoisotopic (exact) mass is 393 g/mol. The van der Waals surface area contributed by atoms with E-state index in [1.165, 1.54) is 11.8 Å². The average molecular weight is 394 g/mol. The lowest BCUT2D eigenvalue weighted by molar-refractivity contribution is -0.112. The van der Waals surface area contributed by atoms with E-state index in [-0.39, 0.29) is 5.91 Å². The first-order chi connectivity index (χ1) is 13.2. The molecule has 1 heterocycles. The standard InChI is InChI=1S/C22H16ClNO2S/c23-17-10-8-15(9-11-17)14-26-18-5-3-4-16(12-18)13-21-22(25)24-19-6-1-2-7-20(19)27-21/h1-13H,14H2,(H,24,25)/b21-13-. The molecule has 0 unspecified atom stereocenters. The molecule has 0 fully saturated rings. The fourth-order valence-electron chi connectivity index (χ4n) is 2.70. The Morgan fingerprint density at radius 3 is 2.67 bits per heavy atom. The number of amides is 1. The average Bonchev–Trinajstić information content (AvgIpc) is 2.68. The maximum atomic E-state index is 12.3. The second-order valence-corrected chi connectivity index (χ2v) is 7.57. The van der Waals surface area contributed by atoms with Crippen LogP contribution in [-0.2, 0) is 11.4 Å². The van der Waals surface area contributed by atoms with E-state index in [1.54, 1.807) is 0 Å². The second-order valence-electron chi connectivity index (χ2n) is 6.05. The minimum absolute atomic E-state index is 0.0915. The van der Waals surface area contributed by atoms with Crippen molar-refractivity contribution in [3.8, 4) is 5.75 Å². The zero-order chi connectivity index (χ0) is 18.6. The van der Waals surface area contributed by atoms with Gasteiger partial charge in [-0.3, -0.25) is 4.79 Å². The normalized spacial score (nSPS) is 14.6. The molecule has 0 saturated heterocycles. The Kier molecular flexibility index (Phi) is 5.19. The molecule has 0 spiro atoms. The Hall–Kier alpha value is -2.69. The first-order valence-corrected chi connectivity index (χ1v) is 9.64. The van der Waals surface area contributed by atoms with Crippen molar-refractivity contribution in [3.63, 3.8) is 0 Å². The number of ether oxygens (including phenoxy) is 1. The number of carbonyl (C=O) groups is 1. The lowest BCUT2D eigenvalue weighted by Crippen LogP contribution is -2.17. The van der Waals surface area contributed by atoms with Crippen LogP contribution in [0.3, 0.4) is 0 Å². The van der Waals surface area contributed by atoms with Crippen molar-refractivity contribution in [3.05, 3.63) is 93.9 Å². The van der Waals surface area contributed by atoms with Crippen LogP contribution in [0.5, 0.6) is 5.75 Å². The van der Waals surface area contributed by atoms with Gasteiger partial charge in [0.05, 0.1) is 10.6 Å². The maximum Gasteiger partial charge on any atom is 0.262 e. The van der Waals surface area contributed by atoms with Crippen molar-refractivity contribution < 1.29 is 9.53 Å². The fourth-order valence-corrected chi connectivity index (χ4v) is 3.77. The Morgan fingerprint density at radius 1 is 1.00 bits per heavy atom. The highest BCUT2D eigenvalue weighted by molar-refractivity contribution is 8.04. The second kappa shape index (κ2) is 7.91. The predicted molar refractivity (Wildman–Crippen MR) is 111 cm³/mol. The number of thioether (sulfide) groups is 1. The molecule has 134 valence electrons. The van der Waals surface area contributed by atoms with Gasteiger partial charge in [-0.2, -0.15) is 0 Å². The summed E-state index contributed by atoms with van der Waals surface area (Å²) in [6, 6.07) is 23.1. The Labute approximate surface area is 167 Å². The molecule has 4 rings (SSSR count). The van der Waals surface area contributed by atoms with Gasteiger partial charge in [0.15, 0.2) is 0 Å². The summed E-state index contributed by atoms with van der Waals surface area (Å²) in [5.74, 6) is 0.659. The Bertz CT molecular complexity index is 1010.